The molecule has 0 aliphatic carbocycles. The number of hydrogen-bond acceptors (Lipinski definition) is 5. The third kappa shape index (κ3) is 4.64. The van der Waals surface area contributed by atoms with Crippen LogP contribution in [0.4, 0.5) is 0 Å². The van der Waals surface area contributed by atoms with Crippen LogP contribution in [0.3, 0.4) is 0 Å². The van der Waals surface area contributed by atoms with Crippen molar-refractivity contribution in [2.45, 2.75) is 32.5 Å². The van der Waals surface area contributed by atoms with E-state index in [0.717, 1.165) is 5.56 Å². The average Bonchev–Trinajstić information content (AvgIpc) is 3.09. The lowest BCUT2D eigenvalue weighted by molar-refractivity contribution is -0.378. The van der Waals surface area contributed by atoms with E-state index in [-0.39, 0.29) is 18.2 Å². The van der Waals surface area contributed by atoms with Crippen LogP contribution in [-0.4, -0.2) is 29.8 Å². The summed E-state index contributed by atoms with van der Waals surface area (Å²) in [6.07, 6.45) is 3.53. The molecule has 7 nitrogen and oxygen atoms in total. The van der Waals surface area contributed by atoms with Gasteiger partial charge in [-0.2, -0.15) is 0 Å². The number of ether oxygens (including phenoxy) is 2. The van der Waals surface area contributed by atoms with Crippen molar-refractivity contribution in [3.63, 3.8) is 0 Å². The molecule has 0 saturated carbocycles. The number of nitrogens with one attached hydrogen (secondary N) is 1. The first kappa shape index (κ1) is 23.0. The molecule has 0 radical (unpaired) electrons. The van der Waals surface area contributed by atoms with Crippen molar-refractivity contribution in [2.24, 2.45) is 0 Å². The predicted octanol–water partition coefficient (Wildman–Crippen LogP) is 2.72. The van der Waals surface area contributed by atoms with E-state index in [0.29, 0.717) is 22.6 Å². The van der Waals surface area contributed by atoms with Crippen LogP contribution in [0.25, 0.3) is 5.76 Å². The Balaban J connectivity index is 1.80. The number of pyridine rings is 1. The maximum atomic E-state index is 13.5. The van der Waals surface area contributed by atoms with Crippen LogP contribution in [0, 0.1) is 0 Å². The molecule has 4 rings (SSSR count). The number of H-pyrrole nitrogens is 1. The lowest BCUT2D eigenvalue weighted by Crippen LogP contribution is -2.29. The number of carbonyl (C=O) groups is 2. The van der Waals surface area contributed by atoms with E-state index in [1.54, 1.807) is 60.9 Å². The summed E-state index contributed by atoms with van der Waals surface area (Å²) >= 11 is 0. The molecule has 1 atom stereocenters. The minimum Gasteiger partial charge on any atom is -0.872 e. The van der Waals surface area contributed by atoms with E-state index in [2.05, 4.69) is 4.98 Å². The fourth-order valence-electron chi connectivity index (χ4n) is 4.00. The number of nitrogens with zero attached hydrogens (tertiary/aromatic N) is 1. The fraction of sp³-hybridized carbons (Fsp3) is 0.222. The molecule has 7 heteroatoms. The van der Waals surface area contributed by atoms with Gasteiger partial charge < -0.3 is 19.5 Å². The highest BCUT2D eigenvalue weighted by atomic mass is 16.5. The van der Waals surface area contributed by atoms with Crippen LogP contribution >= 0.6 is 0 Å². The van der Waals surface area contributed by atoms with Crippen molar-refractivity contribution in [3.05, 3.63) is 95.3 Å². The van der Waals surface area contributed by atoms with E-state index in [1.165, 1.54) is 12.0 Å². The molecule has 1 aliphatic rings. The van der Waals surface area contributed by atoms with Crippen LogP contribution in [-0.2, 0) is 16.1 Å². The van der Waals surface area contributed by atoms with Crippen LogP contribution < -0.4 is 19.6 Å². The van der Waals surface area contributed by atoms with Gasteiger partial charge in [-0.1, -0.05) is 30.0 Å². The smallest absolute Gasteiger partial charge is 0.295 e. The zero-order valence-electron chi connectivity index (χ0n) is 19.3. The third-order valence-corrected chi connectivity index (χ3v) is 5.57. The molecule has 1 aromatic heterocycles. The Hall–Kier alpha value is -4.13. The van der Waals surface area contributed by atoms with Crippen LogP contribution in [0.15, 0.2) is 78.6 Å². The van der Waals surface area contributed by atoms with Crippen molar-refractivity contribution < 1.29 is 29.2 Å². The van der Waals surface area contributed by atoms with Gasteiger partial charge in [-0.15, -0.1) is 0 Å². The van der Waals surface area contributed by atoms with Crippen LogP contribution in [0.2, 0.25) is 0 Å². The molecule has 0 bridgehead atoms. The Morgan fingerprint density at radius 2 is 1.71 bits per heavy atom. The first-order valence-electron chi connectivity index (χ1n) is 11.0. The Morgan fingerprint density at radius 1 is 1.03 bits per heavy atom. The Bertz CT molecular complexity index is 1200. The quantitative estimate of drug-likeness (QED) is 0.308. The zero-order valence-corrected chi connectivity index (χ0v) is 19.3. The summed E-state index contributed by atoms with van der Waals surface area (Å²) < 4.78 is 10.9. The first-order valence-corrected chi connectivity index (χ1v) is 11.0. The van der Waals surface area contributed by atoms with E-state index in [4.69, 9.17) is 9.47 Å². The summed E-state index contributed by atoms with van der Waals surface area (Å²) in [5, 5.41) is 13.5. The molecule has 2 heterocycles. The van der Waals surface area contributed by atoms with Crippen LogP contribution in [0.1, 0.15) is 36.6 Å². The number of ketones is 1. The summed E-state index contributed by atoms with van der Waals surface area (Å²) in [6.45, 7) is 4.04. The van der Waals surface area contributed by atoms with Gasteiger partial charge >= 0.3 is 0 Å². The standard InChI is InChI=1S/C27H26N2O5/c1-17(2)34-22-12-6-19(7-13-22)24-23(25(30)20-8-10-21(33-3)11-9-20)26(31)27(32)29(24)16-18-5-4-14-28-15-18/h4-15,17,24,30H,16H2,1-3H3/b25-23+. The highest BCUT2D eigenvalue weighted by Gasteiger charge is 2.44. The lowest BCUT2D eigenvalue weighted by atomic mass is 9.95. The number of likely N-dealkylation sites (tertiary alicyclic amines) is 1. The number of aromatic amines is 1. The molecule has 1 fully saturated rings. The van der Waals surface area contributed by atoms with Crippen molar-refractivity contribution in [1.82, 2.24) is 4.90 Å². The summed E-state index contributed by atoms with van der Waals surface area (Å²) in [6, 6.07) is 16.5. The zero-order chi connectivity index (χ0) is 24.2. The van der Waals surface area contributed by atoms with Gasteiger partial charge in [-0.3, -0.25) is 9.59 Å². The molecular weight excluding hydrogens is 432 g/mol. The van der Waals surface area contributed by atoms with Crippen molar-refractivity contribution in [1.29, 1.82) is 0 Å². The normalized spacial score (nSPS) is 17.3. The van der Waals surface area contributed by atoms with E-state index < -0.39 is 23.5 Å². The number of rotatable bonds is 7. The Morgan fingerprint density at radius 3 is 2.29 bits per heavy atom. The summed E-state index contributed by atoms with van der Waals surface area (Å²) in [5.74, 6) is -0.701. The average molecular weight is 459 g/mol. The highest BCUT2D eigenvalue weighted by Crippen LogP contribution is 2.40. The number of Topliss-reactive ketones (excluding diaryl/α,β-unsaturated/α-hetero) is 1. The maximum absolute atomic E-state index is 13.5. The molecule has 1 aliphatic heterocycles. The number of hydrogen-bond donors (Lipinski definition) is 0. The third-order valence-electron chi connectivity index (χ3n) is 5.57. The monoisotopic (exact) mass is 458 g/mol. The minimum absolute atomic E-state index is 0.00471. The second-order valence-electron chi connectivity index (χ2n) is 8.28. The summed E-state index contributed by atoms with van der Waals surface area (Å²) in [5.41, 5.74) is 1.72. The molecule has 1 amide bonds. The largest absolute Gasteiger partial charge is 0.872 e. The molecule has 1 saturated heterocycles. The van der Waals surface area contributed by atoms with E-state index >= 15 is 0 Å². The van der Waals surface area contributed by atoms with E-state index in [1.807, 2.05) is 26.0 Å². The summed E-state index contributed by atoms with van der Waals surface area (Å²) in [4.78, 5) is 30.7. The van der Waals surface area contributed by atoms with Gasteiger partial charge in [0.25, 0.3) is 5.91 Å². The SMILES string of the molecule is COc1ccc(/C([O-])=C2\C(=O)C(=O)N(Cc3ccc[nH+]c3)C2c2ccc(OC(C)C)cc2)cc1. The number of benzene rings is 2. The number of aromatic nitrogens is 1. The fourth-order valence-corrected chi connectivity index (χ4v) is 4.00. The van der Waals surface area contributed by atoms with Gasteiger partial charge in [-0.25, -0.2) is 4.98 Å². The van der Waals surface area contributed by atoms with E-state index in [9.17, 15) is 14.7 Å². The van der Waals surface area contributed by atoms with Crippen molar-refractivity contribution in [3.8, 4) is 11.5 Å². The predicted molar refractivity (Wildman–Crippen MR) is 123 cm³/mol. The number of amides is 1. The highest BCUT2D eigenvalue weighted by molar-refractivity contribution is 6.46. The minimum atomic E-state index is -0.817. The van der Waals surface area contributed by atoms with Gasteiger partial charge in [0.15, 0.2) is 12.4 Å². The molecule has 1 N–H and O–H groups in total. The Labute approximate surface area is 198 Å². The Kier molecular flexibility index (Phi) is 6.63. The number of carbonyl (C=O) groups excluding carboxylic acids is 2. The van der Waals surface area contributed by atoms with Gasteiger partial charge in [0.2, 0.25) is 5.78 Å². The molecule has 34 heavy (non-hydrogen) atoms. The molecule has 2 aromatic carbocycles. The van der Waals surface area contributed by atoms with Crippen molar-refractivity contribution >= 4 is 17.4 Å². The lowest BCUT2D eigenvalue weighted by Gasteiger charge is -2.27. The second kappa shape index (κ2) is 9.79. The van der Waals surface area contributed by atoms with Gasteiger partial charge in [0.05, 0.1) is 25.8 Å². The van der Waals surface area contributed by atoms with Gasteiger partial charge in [0.1, 0.15) is 11.5 Å². The van der Waals surface area contributed by atoms with Crippen LogP contribution in [0.5, 0.6) is 11.5 Å². The molecule has 3 aromatic rings. The maximum Gasteiger partial charge on any atom is 0.295 e. The van der Waals surface area contributed by atoms with Crippen molar-refractivity contribution in [2.75, 3.05) is 7.11 Å². The first-order chi connectivity index (χ1) is 16.4. The molecule has 0 spiro atoms. The molecule has 174 valence electrons. The number of methoxy groups -OCH3 is 1. The molecular formula is C27H26N2O5. The topological polar surface area (TPSA) is 93.0 Å². The van der Waals surface area contributed by atoms with Gasteiger partial charge in [-0.05, 0) is 55.3 Å². The second-order valence-corrected chi connectivity index (χ2v) is 8.28. The molecule has 1 unspecified atom stereocenters. The summed E-state index contributed by atoms with van der Waals surface area (Å²) in [7, 11) is 1.53. The van der Waals surface area contributed by atoms with Gasteiger partial charge in [0, 0.05) is 17.2 Å².